The highest BCUT2D eigenvalue weighted by Gasteiger charge is 2.37. The molecule has 0 aromatic heterocycles. The van der Waals surface area contributed by atoms with Crippen molar-refractivity contribution in [1.82, 2.24) is 9.80 Å². The van der Waals surface area contributed by atoms with Gasteiger partial charge in [-0.05, 0) is 58.1 Å². The van der Waals surface area contributed by atoms with Gasteiger partial charge < -0.3 is 19.1 Å². The maximum absolute atomic E-state index is 12.7. The Morgan fingerprint density at radius 3 is 2.61 bits per heavy atom. The summed E-state index contributed by atoms with van der Waals surface area (Å²) in [4.78, 5) is 40.2. The van der Waals surface area contributed by atoms with Crippen molar-refractivity contribution < 1.29 is 28.6 Å². The van der Waals surface area contributed by atoms with Crippen molar-refractivity contribution >= 4 is 57.5 Å². The van der Waals surface area contributed by atoms with Crippen LogP contribution in [0.1, 0.15) is 5.56 Å². The lowest BCUT2D eigenvalue weighted by atomic mass is 10.2. The molecule has 150 valence electrons. The van der Waals surface area contributed by atoms with Crippen LogP contribution in [0.25, 0.3) is 6.08 Å². The predicted octanol–water partition coefficient (Wildman–Crippen LogP) is 2.20. The molecule has 0 bridgehead atoms. The number of carbonyl (C=O) groups is 3. The largest absolute Gasteiger partial charge is 0.493 e. The molecule has 10 heteroatoms. The van der Waals surface area contributed by atoms with Crippen LogP contribution in [-0.4, -0.2) is 73.9 Å². The van der Waals surface area contributed by atoms with Gasteiger partial charge >= 0.3 is 0 Å². The monoisotopic (exact) mass is 518 g/mol. The fourth-order valence-electron chi connectivity index (χ4n) is 2.86. The molecule has 0 saturated carbocycles. The number of nitrogens with zero attached hydrogens (tertiary/aromatic N) is 2. The lowest BCUT2D eigenvalue weighted by Crippen LogP contribution is -2.46. The van der Waals surface area contributed by atoms with Gasteiger partial charge in [0.15, 0.2) is 11.5 Å². The lowest BCUT2D eigenvalue weighted by molar-refractivity contribution is -0.139. The summed E-state index contributed by atoms with van der Waals surface area (Å²) in [5.74, 6) is 0.403. The molecule has 1 aromatic carbocycles. The average Bonchev–Trinajstić information content (AvgIpc) is 2.95. The third-order valence-corrected chi connectivity index (χ3v) is 5.99. The fraction of sp³-hybridized carbons (Fsp3) is 0.389. The van der Waals surface area contributed by atoms with Crippen molar-refractivity contribution in [3.8, 4) is 11.5 Å². The smallest absolute Gasteiger partial charge is 0.294 e. The summed E-state index contributed by atoms with van der Waals surface area (Å²) in [7, 11) is 3.08. The van der Waals surface area contributed by atoms with E-state index in [0.717, 1.165) is 20.2 Å². The van der Waals surface area contributed by atoms with Gasteiger partial charge in [0.1, 0.15) is 6.54 Å². The molecule has 8 nitrogen and oxygen atoms in total. The van der Waals surface area contributed by atoms with E-state index < -0.39 is 11.1 Å². The SMILES string of the molecule is COc1cc(/C=C2/SC(=O)N(CC(=O)N3CCOCC3)C2=O)cc(I)c1OC. The van der Waals surface area contributed by atoms with Gasteiger partial charge in [0.2, 0.25) is 5.91 Å². The Labute approximate surface area is 180 Å². The predicted molar refractivity (Wildman–Crippen MR) is 112 cm³/mol. The van der Waals surface area contributed by atoms with Crippen molar-refractivity contribution in [2.45, 2.75) is 0 Å². The van der Waals surface area contributed by atoms with Crippen LogP contribution in [0.4, 0.5) is 4.79 Å². The minimum absolute atomic E-state index is 0.257. The molecule has 0 N–H and O–H groups in total. The van der Waals surface area contributed by atoms with Crippen LogP contribution in [0, 0.1) is 3.57 Å². The molecule has 0 spiro atoms. The maximum atomic E-state index is 12.7. The zero-order valence-electron chi connectivity index (χ0n) is 15.4. The summed E-state index contributed by atoms with van der Waals surface area (Å²) in [6, 6.07) is 3.56. The second-order valence-electron chi connectivity index (χ2n) is 6.00. The summed E-state index contributed by atoms with van der Waals surface area (Å²) < 4.78 is 16.7. The van der Waals surface area contributed by atoms with E-state index in [-0.39, 0.29) is 17.4 Å². The number of hydrogen-bond acceptors (Lipinski definition) is 7. The summed E-state index contributed by atoms with van der Waals surface area (Å²) in [6.07, 6.45) is 1.62. The summed E-state index contributed by atoms with van der Waals surface area (Å²) in [5.41, 5.74) is 0.701. The minimum atomic E-state index is -0.471. The second-order valence-corrected chi connectivity index (χ2v) is 8.15. The van der Waals surface area contributed by atoms with Crippen LogP contribution >= 0.6 is 34.4 Å². The lowest BCUT2D eigenvalue weighted by Gasteiger charge is -2.28. The van der Waals surface area contributed by atoms with Crippen LogP contribution in [0.2, 0.25) is 0 Å². The van der Waals surface area contributed by atoms with Crippen molar-refractivity contribution in [1.29, 1.82) is 0 Å². The van der Waals surface area contributed by atoms with Gasteiger partial charge in [-0.3, -0.25) is 19.3 Å². The Hall–Kier alpha value is -1.79. The highest BCUT2D eigenvalue weighted by molar-refractivity contribution is 14.1. The molecule has 28 heavy (non-hydrogen) atoms. The molecule has 2 aliphatic heterocycles. The summed E-state index contributed by atoms with van der Waals surface area (Å²) in [6.45, 7) is 1.60. The van der Waals surface area contributed by atoms with Crippen LogP contribution in [0.3, 0.4) is 0 Å². The molecule has 0 unspecified atom stereocenters. The number of amides is 3. The normalized spacial score (nSPS) is 18.8. The zero-order valence-corrected chi connectivity index (χ0v) is 18.4. The highest BCUT2D eigenvalue weighted by atomic mass is 127. The first-order valence-corrected chi connectivity index (χ1v) is 10.4. The molecule has 2 saturated heterocycles. The van der Waals surface area contributed by atoms with Crippen LogP contribution < -0.4 is 9.47 Å². The molecular formula is C18H19IN2O6S. The summed E-state index contributed by atoms with van der Waals surface area (Å²) >= 11 is 2.94. The molecule has 3 amide bonds. The van der Waals surface area contributed by atoms with E-state index in [9.17, 15) is 14.4 Å². The highest BCUT2D eigenvalue weighted by Crippen LogP contribution is 2.37. The van der Waals surface area contributed by atoms with Gasteiger partial charge in [-0.25, -0.2) is 0 Å². The number of hydrogen-bond donors (Lipinski definition) is 0. The van der Waals surface area contributed by atoms with Crippen LogP contribution in [0.15, 0.2) is 17.0 Å². The second kappa shape index (κ2) is 9.14. The standard InChI is InChI=1S/C18H19IN2O6S/c1-25-13-8-11(7-12(19)16(13)26-2)9-14-17(23)21(18(24)28-14)10-15(22)20-3-5-27-6-4-20/h7-9H,3-6,10H2,1-2H3/b14-9+. The quantitative estimate of drug-likeness (QED) is 0.437. The van der Waals surface area contributed by atoms with E-state index in [2.05, 4.69) is 22.6 Å². The fourth-order valence-corrected chi connectivity index (χ4v) is 4.54. The molecule has 2 heterocycles. The van der Waals surface area contributed by atoms with Gasteiger partial charge in [0, 0.05) is 13.1 Å². The molecule has 0 radical (unpaired) electrons. The molecule has 3 rings (SSSR count). The third-order valence-electron chi connectivity index (χ3n) is 4.28. The topological polar surface area (TPSA) is 85.4 Å². The number of benzene rings is 1. The van der Waals surface area contributed by atoms with Crippen molar-refractivity contribution in [2.75, 3.05) is 47.1 Å². The van der Waals surface area contributed by atoms with E-state index in [1.54, 1.807) is 24.2 Å². The van der Waals surface area contributed by atoms with E-state index in [4.69, 9.17) is 14.2 Å². The van der Waals surface area contributed by atoms with Crippen molar-refractivity contribution in [3.05, 3.63) is 26.2 Å². The number of morpholine rings is 1. The Bertz CT molecular complexity index is 838. The van der Waals surface area contributed by atoms with E-state index in [1.807, 2.05) is 6.07 Å². The van der Waals surface area contributed by atoms with E-state index >= 15 is 0 Å². The average molecular weight is 518 g/mol. The van der Waals surface area contributed by atoms with Gasteiger partial charge in [-0.15, -0.1) is 0 Å². The molecular weight excluding hydrogens is 499 g/mol. The zero-order chi connectivity index (χ0) is 20.3. The molecule has 0 atom stereocenters. The number of carbonyl (C=O) groups excluding carboxylic acids is 3. The van der Waals surface area contributed by atoms with Crippen LogP contribution in [-0.2, 0) is 14.3 Å². The Morgan fingerprint density at radius 2 is 1.96 bits per heavy atom. The molecule has 2 fully saturated rings. The van der Waals surface area contributed by atoms with E-state index in [1.165, 1.54) is 7.11 Å². The maximum Gasteiger partial charge on any atom is 0.294 e. The molecule has 0 aliphatic carbocycles. The first-order chi connectivity index (χ1) is 13.4. The Balaban J connectivity index is 1.77. The van der Waals surface area contributed by atoms with Gasteiger partial charge in [0.25, 0.3) is 11.1 Å². The van der Waals surface area contributed by atoms with Crippen molar-refractivity contribution in [2.24, 2.45) is 0 Å². The number of methoxy groups -OCH3 is 2. The minimum Gasteiger partial charge on any atom is -0.493 e. The summed E-state index contributed by atoms with van der Waals surface area (Å²) in [5, 5.41) is -0.451. The Morgan fingerprint density at radius 1 is 1.25 bits per heavy atom. The number of thioether (sulfide) groups is 1. The number of halogens is 1. The number of imide groups is 1. The molecule has 2 aliphatic rings. The van der Waals surface area contributed by atoms with E-state index in [0.29, 0.717) is 43.4 Å². The Kier molecular flexibility index (Phi) is 6.83. The van der Waals surface area contributed by atoms with Gasteiger partial charge in [-0.2, -0.15) is 0 Å². The van der Waals surface area contributed by atoms with Gasteiger partial charge in [-0.1, -0.05) is 0 Å². The first kappa shape index (κ1) is 20.9. The first-order valence-electron chi connectivity index (χ1n) is 8.47. The number of ether oxygens (including phenoxy) is 3. The van der Waals surface area contributed by atoms with Gasteiger partial charge in [0.05, 0.1) is 35.9 Å². The third kappa shape index (κ3) is 4.44. The molecule has 1 aromatic rings. The number of rotatable bonds is 5. The van der Waals surface area contributed by atoms with Crippen LogP contribution in [0.5, 0.6) is 11.5 Å². The van der Waals surface area contributed by atoms with Crippen molar-refractivity contribution in [3.63, 3.8) is 0 Å².